The first-order valence-corrected chi connectivity index (χ1v) is 12.6. The number of rotatable bonds is 8. The summed E-state index contributed by atoms with van der Waals surface area (Å²) in [5.74, 6) is -0.776. The zero-order valence-electron chi connectivity index (χ0n) is 21.3. The fourth-order valence-electron chi connectivity index (χ4n) is 4.65. The van der Waals surface area contributed by atoms with E-state index in [4.69, 9.17) is 5.26 Å². The zero-order valence-corrected chi connectivity index (χ0v) is 21.3. The van der Waals surface area contributed by atoms with Crippen molar-refractivity contribution in [2.24, 2.45) is 4.99 Å². The number of aromatic nitrogens is 2. The number of amides is 1. The molecule has 10 heteroatoms. The van der Waals surface area contributed by atoms with Crippen molar-refractivity contribution in [3.8, 4) is 6.07 Å². The highest BCUT2D eigenvalue weighted by atomic mass is 19.4. The molecule has 7 nitrogen and oxygen atoms in total. The fourth-order valence-corrected chi connectivity index (χ4v) is 4.65. The van der Waals surface area contributed by atoms with Crippen LogP contribution in [0.5, 0.6) is 0 Å². The number of halogens is 3. The quantitative estimate of drug-likeness (QED) is 0.350. The summed E-state index contributed by atoms with van der Waals surface area (Å²) in [5.41, 5.74) is 4.20. The highest BCUT2D eigenvalue weighted by Crippen LogP contribution is 2.31. The summed E-state index contributed by atoms with van der Waals surface area (Å²) in [7, 11) is 0. The number of nitrogens with zero attached hydrogens (tertiary/aromatic N) is 5. The van der Waals surface area contributed by atoms with Crippen molar-refractivity contribution in [3.63, 3.8) is 0 Å². The molecule has 0 saturated heterocycles. The second-order valence-electron chi connectivity index (χ2n) is 9.33. The SMILES string of the molecule is N#Cc1ccc(Cn2cncc2CCN[C@H]2N=C(c3ccccc3)c3ccccc3N(CC(F)(F)F)C2=O)cc1. The van der Waals surface area contributed by atoms with Crippen LogP contribution in [0.4, 0.5) is 18.9 Å². The van der Waals surface area contributed by atoms with Gasteiger partial charge in [-0.25, -0.2) is 4.98 Å². The number of nitrogens with one attached hydrogen (secondary N) is 1. The summed E-state index contributed by atoms with van der Waals surface area (Å²) < 4.78 is 42.8. The Morgan fingerprint density at radius 3 is 2.42 bits per heavy atom. The van der Waals surface area contributed by atoms with Gasteiger partial charge in [0.25, 0.3) is 5.91 Å². The normalized spacial score (nSPS) is 15.2. The van der Waals surface area contributed by atoms with Crippen LogP contribution in [-0.4, -0.2) is 46.6 Å². The van der Waals surface area contributed by atoms with E-state index in [2.05, 4.69) is 21.4 Å². The Labute approximate surface area is 229 Å². The molecule has 1 aromatic heterocycles. The molecule has 0 bridgehead atoms. The molecule has 5 rings (SSSR count). The molecule has 4 aromatic rings. The van der Waals surface area contributed by atoms with Crippen molar-refractivity contribution in [2.75, 3.05) is 18.0 Å². The molecular formula is C30H25F3N6O. The summed E-state index contributed by atoms with van der Waals surface area (Å²) in [5, 5.41) is 12.1. The number of fused-ring (bicyclic) bond motifs is 1. The second-order valence-corrected chi connectivity index (χ2v) is 9.33. The number of nitriles is 1. The van der Waals surface area contributed by atoms with Gasteiger partial charge in [-0.2, -0.15) is 18.4 Å². The molecule has 2 heterocycles. The number of carbonyl (C=O) groups excluding carboxylic acids is 1. The predicted octanol–water partition coefficient (Wildman–Crippen LogP) is 4.71. The van der Waals surface area contributed by atoms with Gasteiger partial charge in [0.1, 0.15) is 6.54 Å². The topological polar surface area (TPSA) is 86.3 Å². The van der Waals surface area contributed by atoms with Gasteiger partial charge in [0, 0.05) is 42.5 Å². The summed E-state index contributed by atoms with van der Waals surface area (Å²) in [6.45, 7) is -0.610. The maximum absolute atomic E-state index is 13.6. The number of hydrogen-bond acceptors (Lipinski definition) is 5. The third kappa shape index (κ3) is 6.11. The zero-order chi connectivity index (χ0) is 28.1. The lowest BCUT2D eigenvalue weighted by Crippen LogP contribution is -2.48. The Morgan fingerprint density at radius 1 is 0.975 bits per heavy atom. The summed E-state index contributed by atoms with van der Waals surface area (Å²) in [6.07, 6.45) is -1.95. The maximum Gasteiger partial charge on any atom is 0.406 e. The van der Waals surface area contributed by atoms with Crippen LogP contribution in [0.3, 0.4) is 0 Å². The van der Waals surface area contributed by atoms with Crippen LogP contribution < -0.4 is 10.2 Å². The molecule has 0 fully saturated rings. The van der Waals surface area contributed by atoms with E-state index in [0.717, 1.165) is 16.2 Å². The number of benzene rings is 3. The van der Waals surface area contributed by atoms with E-state index in [-0.39, 0.29) is 12.2 Å². The van der Waals surface area contributed by atoms with Crippen molar-refractivity contribution in [1.82, 2.24) is 14.9 Å². The van der Waals surface area contributed by atoms with Gasteiger partial charge in [-0.1, -0.05) is 60.7 Å². The van der Waals surface area contributed by atoms with Gasteiger partial charge in [0.05, 0.1) is 29.4 Å². The first-order chi connectivity index (χ1) is 19.3. The number of benzodiazepines with no additional fused rings is 1. The molecule has 1 atom stereocenters. The number of imidazole rings is 1. The Morgan fingerprint density at radius 2 is 1.70 bits per heavy atom. The Bertz CT molecular complexity index is 1550. The molecule has 1 amide bonds. The predicted molar refractivity (Wildman–Crippen MR) is 145 cm³/mol. The van der Waals surface area contributed by atoms with E-state index in [1.54, 1.807) is 42.9 Å². The molecule has 202 valence electrons. The van der Waals surface area contributed by atoms with E-state index in [0.29, 0.717) is 35.4 Å². The number of aliphatic imine (C=N–C) groups is 1. The summed E-state index contributed by atoms with van der Waals surface area (Å²) in [4.78, 5) is 23.2. The van der Waals surface area contributed by atoms with Crippen LogP contribution in [0.2, 0.25) is 0 Å². The molecule has 0 radical (unpaired) electrons. The molecule has 40 heavy (non-hydrogen) atoms. The van der Waals surface area contributed by atoms with Crippen molar-refractivity contribution >= 4 is 17.3 Å². The minimum absolute atomic E-state index is 0.164. The lowest BCUT2D eigenvalue weighted by Gasteiger charge is -2.26. The highest BCUT2D eigenvalue weighted by Gasteiger charge is 2.39. The van der Waals surface area contributed by atoms with E-state index in [9.17, 15) is 18.0 Å². The van der Waals surface area contributed by atoms with Gasteiger partial charge in [-0.15, -0.1) is 0 Å². The lowest BCUT2D eigenvalue weighted by molar-refractivity contribution is -0.133. The Kier molecular flexibility index (Phi) is 7.75. The van der Waals surface area contributed by atoms with Gasteiger partial charge >= 0.3 is 6.18 Å². The Balaban J connectivity index is 1.39. The third-order valence-corrected chi connectivity index (χ3v) is 6.55. The monoisotopic (exact) mass is 542 g/mol. The number of alkyl halides is 3. The molecule has 0 unspecified atom stereocenters. The van der Waals surface area contributed by atoms with Crippen LogP contribution in [0.1, 0.15) is 27.9 Å². The van der Waals surface area contributed by atoms with Gasteiger partial charge < -0.3 is 4.57 Å². The van der Waals surface area contributed by atoms with Crippen molar-refractivity contribution < 1.29 is 18.0 Å². The van der Waals surface area contributed by atoms with E-state index in [1.807, 2.05) is 47.0 Å². The number of anilines is 1. The highest BCUT2D eigenvalue weighted by molar-refractivity contribution is 6.20. The van der Waals surface area contributed by atoms with Gasteiger partial charge in [0.2, 0.25) is 0 Å². The van der Waals surface area contributed by atoms with Crippen LogP contribution in [0.15, 0.2) is 96.4 Å². The van der Waals surface area contributed by atoms with E-state index >= 15 is 0 Å². The van der Waals surface area contributed by atoms with Crippen LogP contribution >= 0.6 is 0 Å². The van der Waals surface area contributed by atoms with Crippen LogP contribution in [0.25, 0.3) is 0 Å². The molecule has 0 aliphatic carbocycles. The minimum atomic E-state index is -4.59. The van der Waals surface area contributed by atoms with Crippen molar-refractivity contribution in [3.05, 3.63) is 119 Å². The van der Waals surface area contributed by atoms with E-state index in [1.165, 1.54) is 6.07 Å². The average molecular weight is 543 g/mol. The molecule has 1 N–H and O–H groups in total. The van der Waals surface area contributed by atoms with Gasteiger partial charge in [-0.3, -0.25) is 20.0 Å². The Hall–Kier alpha value is -4.75. The average Bonchev–Trinajstić information content (AvgIpc) is 3.36. The molecule has 1 aliphatic rings. The third-order valence-electron chi connectivity index (χ3n) is 6.55. The minimum Gasteiger partial charge on any atom is -0.330 e. The molecule has 1 aliphatic heterocycles. The van der Waals surface area contributed by atoms with Gasteiger partial charge in [-0.05, 0) is 23.8 Å². The van der Waals surface area contributed by atoms with E-state index < -0.39 is 24.8 Å². The largest absolute Gasteiger partial charge is 0.406 e. The molecule has 3 aromatic carbocycles. The molecule has 0 spiro atoms. The summed E-state index contributed by atoms with van der Waals surface area (Å²) >= 11 is 0. The smallest absolute Gasteiger partial charge is 0.330 e. The number of carbonyl (C=O) groups is 1. The van der Waals surface area contributed by atoms with Crippen molar-refractivity contribution in [2.45, 2.75) is 25.3 Å². The standard InChI is InChI=1S/C30H25F3N6O/c31-30(32,33)19-39-26-9-5-4-8-25(26)27(23-6-2-1-3-7-23)37-28(29(39)40)36-15-14-24-17-35-20-38(24)18-22-12-10-21(16-34)11-13-22/h1-13,17,20,28,36H,14-15,18-19H2/t28-/m0/s1. The fraction of sp³-hybridized carbons (Fsp3) is 0.200. The maximum atomic E-state index is 13.6. The second kappa shape index (κ2) is 11.6. The molecule has 0 saturated carbocycles. The first-order valence-electron chi connectivity index (χ1n) is 12.6. The number of hydrogen-bond donors (Lipinski definition) is 1. The van der Waals surface area contributed by atoms with Crippen molar-refractivity contribution in [1.29, 1.82) is 5.26 Å². The van der Waals surface area contributed by atoms with Crippen LogP contribution in [-0.2, 0) is 17.8 Å². The first kappa shape index (κ1) is 26.8. The lowest BCUT2D eigenvalue weighted by atomic mass is 10.0. The number of para-hydroxylation sites is 1. The van der Waals surface area contributed by atoms with Crippen LogP contribution in [0, 0.1) is 11.3 Å². The van der Waals surface area contributed by atoms with Gasteiger partial charge in [0.15, 0.2) is 6.17 Å². The summed E-state index contributed by atoms with van der Waals surface area (Å²) in [6, 6.07) is 25.0. The molecular weight excluding hydrogens is 517 g/mol.